The van der Waals surface area contributed by atoms with Crippen molar-refractivity contribution in [2.45, 2.75) is 65.4 Å². The molecular weight excluding hydrogens is 300 g/mol. The van der Waals surface area contributed by atoms with Crippen LogP contribution in [-0.2, 0) is 14.3 Å². The van der Waals surface area contributed by atoms with Gasteiger partial charge < -0.3 is 4.74 Å². The van der Waals surface area contributed by atoms with Crippen LogP contribution < -0.4 is 0 Å². The van der Waals surface area contributed by atoms with E-state index in [0.29, 0.717) is 23.5 Å². The first-order valence-corrected chi connectivity index (χ1v) is 9.75. The molecule has 5 aliphatic rings. The highest BCUT2D eigenvalue weighted by Gasteiger charge is 2.81. The molecule has 0 heterocycles. The number of rotatable bonds is 1. The van der Waals surface area contributed by atoms with E-state index in [4.69, 9.17) is 4.74 Å². The second kappa shape index (κ2) is 4.34. The summed E-state index contributed by atoms with van der Waals surface area (Å²) in [7, 11) is 0. The lowest BCUT2D eigenvalue weighted by Gasteiger charge is -2.53. The van der Waals surface area contributed by atoms with Gasteiger partial charge in [-0.3, -0.25) is 9.59 Å². The van der Waals surface area contributed by atoms with Gasteiger partial charge in [0, 0.05) is 23.7 Å². The highest BCUT2D eigenvalue weighted by molar-refractivity contribution is 6.00. The zero-order chi connectivity index (χ0) is 16.9. The minimum atomic E-state index is -0.133. The number of ether oxygens (including phenoxy) is 1. The van der Waals surface area contributed by atoms with E-state index in [9.17, 15) is 9.59 Å². The first-order valence-electron chi connectivity index (χ1n) is 9.75. The molecule has 0 amide bonds. The Morgan fingerprint density at radius 1 is 1.12 bits per heavy atom. The topological polar surface area (TPSA) is 43.4 Å². The molecule has 0 radical (unpaired) electrons. The van der Waals surface area contributed by atoms with Gasteiger partial charge in [-0.05, 0) is 67.8 Å². The summed E-state index contributed by atoms with van der Waals surface area (Å²) >= 11 is 0. The summed E-state index contributed by atoms with van der Waals surface area (Å²) in [4.78, 5) is 23.9. The molecule has 4 fully saturated rings. The largest absolute Gasteiger partial charge is 0.462 e. The Morgan fingerprint density at radius 2 is 1.92 bits per heavy atom. The maximum atomic E-state index is 12.4. The van der Waals surface area contributed by atoms with E-state index < -0.39 is 0 Å². The molecule has 1 spiro atoms. The van der Waals surface area contributed by atoms with Crippen LogP contribution in [0.15, 0.2) is 12.2 Å². The second-order valence-corrected chi connectivity index (χ2v) is 9.63. The summed E-state index contributed by atoms with van der Waals surface area (Å²) in [5, 5.41) is 0. The quantitative estimate of drug-likeness (QED) is 0.685. The lowest BCUT2D eigenvalue weighted by atomic mass is 9.52. The first kappa shape index (κ1) is 15.2. The third-order valence-corrected chi connectivity index (χ3v) is 9.18. The van der Waals surface area contributed by atoms with Gasteiger partial charge in [-0.25, -0.2) is 0 Å². The Balaban J connectivity index is 1.46. The predicted molar refractivity (Wildman–Crippen MR) is 90.0 cm³/mol. The zero-order valence-electron chi connectivity index (χ0n) is 15.0. The molecule has 0 aliphatic heterocycles. The number of ketones is 1. The minimum Gasteiger partial charge on any atom is -0.462 e. The summed E-state index contributed by atoms with van der Waals surface area (Å²) < 4.78 is 5.71. The number of fused-ring (bicyclic) bond motifs is 5. The molecule has 0 unspecified atom stereocenters. The second-order valence-electron chi connectivity index (χ2n) is 9.63. The molecule has 3 nitrogen and oxygen atoms in total. The summed E-state index contributed by atoms with van der Waals surface area (Å²) in [5.74, 6) is 2.58. The highest BCUT2D eigenvalue weighted by Crippen LogP contribution is 2.83. The highest BCUT2D eigenvalue weighted by atomic mass is 16.5. The monoisotopic (exact) mass is 328 g/mol. The Hall–Kier alpha value is -1.12. The SMILES string of the molecule is CC(=O)O[C@H]1CC[C@H]2[C@@H]3CC[C@@]45C=CC(=O)[C@@H]4[C@@]5(C)[C@H]3CC[C@]12C. The normalized spacial score (nSPS) is 57.0. The average Bonchev–Trinajstić information content (AvgIpc) is 2.74. The molecule has 130 valence electrons. The standard InChI is InChI=1S/C21H28O3/c1-12(22)24-17-5-4-14-13-6-10-21-11-8-16(23)18(21)20(21,3)15(13)7-9-19(14,17)2/h8,11,13-15,17-18H,4-7,9-10H2,1-3H3/t13-,14-,15-,17-,18+,19-,20+,21+/m0/s1. The van der Waals surface area contributed by atoms with Crippen LogP contribution in [0, 0.1) is 39.9 Å². The third-order valence-electron chi connectivity index (χ3n) is 9.18. The Morgan fingerprint density at radius 3 is 2.67 bits per heavy atom. The number of esters is 1. The number of hydrogen-bond acceptors (Lipinski definition) is 3. The fourth-order valence-electron chi connectivity index (χ4n) is 8.14. The Bertz CT molecular complexity index is 666. The van der Waals surface area contributed by atoms with Crippen molar-refractivity contribution in [3.63, 3.8) is 0 Å². The van der Waals surface area contributed by atoms with Crippen LogP contribution in [0.2, 0.25) is 0 Å². The van der Waals surface area contributed by atoms with Crippen LogP contribution in [-0.4, -0.2) is 17.9 Å². The third kappa shape index (κ3) is 1.47. The number of hydrogen-bond donors (Lipinski definition) is 0. The van der Waals surface area contributed by atoms with Crippen molar-refractivity contribution in [1.29, 1.82) is 0 Å². The van der Waals surface area contributed by atoms with E-state index in [-0.39, 0.29) is 34.2 Å². The van der Waals surface area contributed by atoms with Crippen molar-refractivity contribution >= 4 is 11.8 Å². The van der Waals surface area contributed by atoms with Gasteiger partial charge in [0.15, 0.2) is 5.78 Å². The van der Waals surface area contributed by atoms with Crippen molar-refractivity contribution < 1.29 is 14.3 Å². The average molecular weight is 328 g/mol. The molecule has 4 saturated carbocycles. The van der Waals surface area contributed by atoms with Crippen LogP contribution in [0.1, 0.15) is 59.3 Å². The van der Waals surface area contributed by atoms with Crippen molar-refractivity contribution in [2.24, 2.45) is 39.9 Å². The number of allylic oxidation sites excluding steroid dienone is 2. The first-order chi connectivity index (χ1) is 11.3. The van der Waals surface area contributed by atoms with Gasteiger partial charge in [0.1, 0.15) is 6.10 Å². The molecular formula is C21H28O3. The number of carbonyl (C=O) groups is 2. The van der Waals surface area contributed by atoms with Crippen LogP contribution in [0.4, 0.5) is 0 Å². The lowest BCUT2D eigenvalue weighted by molar-refractivity contribution is -0.157. The molecule has 5 aliphatic carbocycles. The van der Waals surface area contributed by atoms with Crippen molar-refractivity contribution in [3.8, 4) is 0 Å². The van der Waals surface area contributed by atoms with Crippen molar-refractivity contribution in [1.82, 2.24) is 0 Å². The fraction of sp³-hybridized carbons (Fsp3) is 0.810. The Kier molecular flexibility index (Phi) is 2.74. The minimum absolute atomic E-state index is 0.102. The van der Waals surface area contributed by atoms with Crippen LogP contribution in [0.5, 0.6) is 0 Å². The van der Waals surface area contributed by atoms with E-state index >= 15 is 0 Å². The maximum absolute atomic E-state index is 12.4. The molecule has 8 atom stereocenters. The maximum Gasteiger partial charge on any atom is 0.302 e. The summed E-state index contributed by atoms with van der Waals surface area (Å²) in [5.41, 5.74) is 0.563. The van der Waals surface area contributed by atoms with Gasteiger partial charge >= 0.3 is 5.97 Å². The summed E-state index contributed by atoms with van der Waals surface area (Å²) in [6.45, 7) is 6.30. The van der Waals surface area contributed by atoms with E-state index in [1.807, 2.05) is 6.08 Å². The summed E-state index contributed by atoms with van der Waals surface area (Å²) in [6, 6.07) is 0. The lowest BCUT2D eigenvalue weighted by Crippen LogP contribution is -2.48. The van der Waals surface area contributed by atoms with Crippen LogP contribution >= 0.6 is 0 Å². The molecule has 0 N–H and O–H groups in total. The smallest absolute Gasteiger partial charge is 0.302 e. The molecule has 0 bridgehead atoms. The van der Waals surface area contributed by atoms with Crippen LogP contribution in [0.3, 0.4) is 0 Å². The molecule has 5 rings (SSSR count). The van der Waals surface area contributed by atoms with Crippen LogP contribution in [0.25, 0.3) is 0 Å². The molecule has 3 heteroatoms. The van der Waals surface area contributed by atoms with E-state index in [1.54, 1.807) is 0 Å². The van der Waals surface area contributed by atoms with Gasteiger partial charge in [0.05, 0.1) is 0 Å². The molecule has 24 heavy (non-hydrogen) atoms. The molecule has 0 aromatic rings. The fourth-order valence-corrected chi connectivity index (χ4v) is 8.14. The van der Waals surface area contributed by atoms with Gasteiger partial charge in [0.2, 0.25) is 0 Å². The zero-order valence-corrected chi connectivity index (χ0v) is 15.0. The van der Waals surface area contributed by atoms with Gasteiger partial charge in [-0.15, -0.1) is 0 Å². The summed E-state index contributed by atoms with van der Waals surface area (Å²) in [6.07, 6.45) is 11.2. The van der Waals surface area contributed by atoms with Gasteiger partial charge in [0.25, 0.3) is 0 Å². The van der Waals surface area contributed by atoms with Crippen molar-refractivity contribution in [3.05, 3.63) is 12.2 Å². The van der Waals surface area contributed by atoms with Crippen molar-refractivity contribution in [2.75, 3.05) is 0 Å². The van der Waals surface area contributed by atoms with E-state index in [0.717, 1.165) is 12.8 Å². The van der Waals surface area contributed by atoms with Gasteiger partial charge in [-0.1, -0.05) is 19.9 Å². The number of carbonyl (C=O) groups excluding carboxylic acids is 2. The molecule has 0 aromatic heterocycles. The Labute approximate surface area is 144 Å². The molecule has 0 aromatic carbocycles. The van der Waals surface area contributed by atoms with E-state index in [2.05, 4.69) is 19.9 Å². The molecule has 0 saturated heterocycles. The van der Waals surface area contributed by atoms with Gasteiger partial charge in [-0.2, -0.15) is 0 Å². The van der Waals surface area contributed by atoms with E-state index in [1.165, 1.54) is 32.6 Å². The predicted octanol–water partition coefficient (Wildman–Crippen LogP) is 3.92.